The molecule has 0 aliphatic rings. The van der Waals surface area contributed by atoms with Crippen molar-refractivity contribution in [1.29, 1.82) is 0 Å². The van der Waals surface area contributed by atoms with E-state index in [9.17, 15) is 4.79 Å². The minimum atomic E-state index is -0.561. The first-order valence-electron chi connectivity index (χ1n) is 9.61. The summed E-state index contributed by atoms with van der Waals surface area (Å²) in [4.78, 5) is 11.8. The van der Waals surface area contributed by atoms with E-state index in [1.807, 2.05) is 43.3 Å². The van der Waals surface area contributed by atoms with E-state index in [2.05, 4.69) is 19.1 Å². The lowest BCUT2D eigenvalue weighted by atomic mass is 10.0. The Balaban J connectivity index is 1.95. The largest absolute Gasteiger partial charge is 0.494 e. The van der Waals surface area contributed by atoms with Crippen LogP contribution in [0.15, 0.2) is 48.5 Å². The van der Waals surface area contributed by atoms with Gasteiger partial charge in [-0.1, -0.05) is 56.2 Å². The Hall–Kier alpha value is -2.33. The minimum absolute atomic E-state index is 0.317. The van der Waals surface area contributed by atoms with Gasteiger partial charge in [-0.15, -0.1) is 0 Å². The van der Waals surface area contributed by atoms with Gasteiger partial charge in [-0.3, -0.25) is 0 Å². The summed E-state index contributed by atoms with van der Waals surface area (Å²) in [7, 11) is 1.49. The topological polar surface area (TPSA) is 44.8 Å². The fourth-order valence-electron chi connectivity index (χ4n) is 2.67. The van der Waals surface area contributed by atoms with Crippen LogP contribution in [0.4, 0.5) is 0 Å². The maximum Gasteiger partial charge on any atom is 0.335 e. The summed E-state index contributed by atoms with van der Waals surface area (Å²) in [5.41, 5.74) is 3.19. The lowest BCUT2D eigenvalue weighted by Gasteiger charge is -2.16. The number of unbranched alkanes of at least 4 members (excludes halogenated alkanes) is 2. The zero-order valence-electron chi connectivity index (χ0n) is 16.7. The van der Waals surface area contributed by atoms with E-state index < -0.39 is 6.10 Å². The van der Waals surface area contributed by atoms with Gasteiger partial charge < -0.3 is 14.2 Å². The standard InChI is InChI=1S/C23H30O4/c1-5-6-7-16-26-22-14-12-21(13-15-22)20-10-8-19(9-11-20)17(2)27-23(24)18(3)25-4/h8-15,17-18H,5-7,16H2,1-4H3. The summed E-state index contributed by atoms with van der Waals surface area (Å²) in [6, 6.07) is 16.2. The second kappa shape index (κ2) is 10.7. The van der Waals surface area contributed by atoms with E-state index in [4.69, 9.17) is 14.2 Å². The zero-order valence-corrected chi connectivity index (χ0v) is 16.7. The van der Waals surface area contributed by atoms with Crippen LogP contribution in [0, 0.1) is 0 Å². The highest BCUT2D eigenvalue weighted by Gasteiger charge is 2.17. The predicted octanol–water partition coefficient (Wildman–Crippen LogP) is 5.56. The molecule has 0 aliphatic carbocycles. The average Bonchev–Trinajstić information content (AvgIpc) is 2.71. The van der Waals surface area contributed by atoms with Gasteiger partial charge in [0.25, 0.3) is 0 Å². The van der Waals surface area contributed by atoms with E-state index in [1.165, 1.54) is 20.0 Å². The first-order chi connectivity index (χ1) is 13.0. The monoisotopic (exact) mass is 370 g/mol. The number of rotatable bonds is 10. The van der Waals surface area contributed by atoms with Crippen LogP contribution in [-0.4, -0.2) is 25.8 Å². The molecule has 146 valence electrons. The van der Waals surface area contributed by atoms with E-state index in [1.54, 1.807) is 6.92 Å². The Morgan fingerprint density at radius 3 is 2.07 bits per heavy atom. The molecule has 2 atom stereocenters. The molecule has 4 heteroatoms. The molecule has 2 rings (SSSR count). The predicted molar refractivity (Wildman–Crippen MR) is 108 cm³/mol. The molecule has 0 heterocycles. The van der Waals surface area contributed by atoms with Crippen molar-refractivity contribution in [1.82, 2.24) is 0 Å². The first-order valence-corrected chi connectivity index (χ1v) is 9.61. The van der Waals surface area contributed by atoms with Crippen molar-refractivity contribution >= 4 is 5.97 Å². The Morgan fingerprint density at radius 2 is 1.52 bits per heavy atom. The number of esters is 1. The molecule has 4 nitrogen and oxygen atoms in total. The number of hydrogen-bond donors (Lipinski definition) is 0. The number of benzene rings is 2. The molecule has 0 fully saturated rings. The SMILES string of the molecule is CCCCCOc1ccc(-c2ccc(C(C)OC(=O)C(C)OC)cc2)cc1. The van der Waals surface area contributed by atoms with Crippen molar-refractivity contribution in [3.05, 3.63) is 54.1 Å². The molecule has 2 aromatic carbocycles. The van der Waals surface area contributed by atoms with Crippen molar-refractivity contribution in [2.24, 2.45) is 0 Å². The highest BCUT2D eigenvalue weighted by atomic mass is 16.6. The third-order valence-electron chi connectivity index (χ3n) is 4.56. The molecule has 0 saturated carbocycles. The molecule has 27 heavy (non-hydrogen) atoms. The maximum atomic E-state index is 11.8. The van der Waals surface area contributed by atoms with Crippen molar-refractivity contribution in [2.75, 3.05) is 13.7 Å². The molecule has 0 aliphatic heterocycles. The van der Waals surface area contributed by atoms with Crippen LogP contribution < -0.4 is 4.74 Å². The van der Waals surface area contributed by atoms with Crippen molar-refractivity contribution in [2.45, 2.75) is 52.2 Å². The summed E-state index contributed by atoms with van der Waals surface area (Å²) in [5.74, 6) is 0.544. The molecule has 0 bridgehead atoms. The zero-order chi connectivity index (χ0) is 19.6. The van der Waals surface area contributed by atoms with Gasteiger partial charge in [-0.2, -0.15) is 0 Å². The molecule has 0 amide bonds. The Labute approximate surface area is 162 Å². The number of hydrogen-bond acceptors (Lipinski definition) is 4. The van der Waals surface area contributed by atoms with Gasteiger partial charge in [0.2, 0.25) is 0 Å². The van der Waals surface area contributed by atoms with Crippen LogP contribution in [-0.2, 0) is 14.3 Å². The summed E-state index contributed by atoms with van der Waals surface area (Å²) >= 11 is 0. The van der Waals surface area contributed by atoms with Crippen molar-refractivity contribution in [3.8, 4) is 16.9 Å². The highest BCUT2D eigenvalue weighted by molar-refractivity contribution is 5.74. The fraction of sp³-hybridized carbons (Fsp3) is 0.435. The second-order valence-electron chi connectivity index (χ2n) is 6.66. The lowest BCUT2D eigenvalue weighted by Crippen LogP contribution is -2.23. The molecular formula is C23H30O4. The molecule has 0 radical (unpaired) electrons. The third kappa shape index (κ3) is 6.40. The second-order valence-corrected chi connectivity index (χ2v) is 6.66. The van der Waals surface area contributed by atoms with Gasteiger partial charge >= 0.3 is 5.97 Å². The number of carbonyl (C=O) groups is 1. The summed E-state index contributed by atoms with van der Waals surface area (Å²) < 4.78 is 16.2. The normalized spacial score (nSPS) is 13.0. The van der Waals surface area contributed by atoms with Gasteiger partial charge in [0, 0.05) is 7.11 Å². The van der Waals surface area contributed by atoms with Crippen molar-refractivity contribution in [3.63, 3.8) is 0 Å². The van der Waals surface area contributed by atoms with Crippen molar-refractivity contribution < 1.29 is 19.0 Å². The number of methoxy groups -OCH3 is 1. The molecule has 2 unspecified atom stereocenters. The highest BCUT2D eigenvalue weighted by Crippen LogP contribution is 2.25. The summed E-state index contributed by atoms with van der Waals surface area (Å²) in [5, 5.41) is 0. The minimum Gasteiger partial charge on any atom is -0.494 e. The van der Waals surface area contributed by atoms with Gasteiger partial charge in [-0.05, 0) is 49.1 Å². The van der Waals surface area contributed by atoms with Gasteiger partial charge in [-0.25, -0.2) is 4.79 Å². The van der Waals surface area contributed by atoms with Crippen LogP contribution >= 0.6 is 0 Å². The maximum absolute atomic E-state index is 11.8. The van der Waals surface area contributed by atoms with Crippen LogP contribution in [0.1, 0.15) is 51.7 Å². The van der Waals surface area contributed by atoms with E-state index in [-0.39, 0.29) is 12.1 Å². The molecule has 0 spiro atoms. The van der Waals surface area contributed by atoms with Gasteiger partial charge in [0.15, 0.2) is 6.10 Å². The lowest BCUT2D eigenvalue weighted by molar-refractivity contribution is -0.159. The Bertz CT molecular complexity index is 691. The third-order valence-corrected chi connectivity index (χ3v) is 4.56. The van der Waals surface area contributed by atoms with Gasteiger partial charge in [0.1, 0.15) is 11.9 Å². The van der Waals surface area contributed by atoms with E-state index in [0.29, 0.717) is 0 Å². The fourth-order valence-corrected chi connectivity index (χ4v) is 2.67. The van der Waals surface area contributed by atoms with E-state index in [0.717, 1.165) is 35.5 Å². The van der Waals surface area contributed by atoms with Crippen LogP contribution in [0.2, 0.25) is 0 Å². The van der Waals surface area contributed by atoms with Crippen LogP contribution in [0.25, 0.3) is 11.1 Å². The summed E-state index contributed by atoms with van der Waals surface area (Å²) in [6.07, 6.45) is 2.60. The molecule has 0 N–H and O–H groups in total. The smallest absolute Gasteiger partial charge is 0.335 e. The first kappa shape index (κ1) is 21.0. The number of carbonyl (C=O) groups excluding carboxylic acids is 1. The van der Waals surface area contributed by atoms with Gasteiger partial charge in [0.05, 0.1) is 6.61 Å². The number of ether oxygens (including phenoxy) is 3. The van der Waals surface area contributed by atoms with Crippen LogP contribution in [0.3, 0.4) is 0 Å². The molecule has 0 saturated heterocycles. The average molecular weight is 370 g/mol. The quantitative estimate of drug-likeness (QED) is 0.406. The molecule has 0 aromatic heterocycles. The van der Waals surface area contributed by atoms with Crippen LogP contribution in [0.5, 0.6) is 5.75 Å². The Kier molecular flexibility index (Phi) is 8.34. The van der Waals surface area contributed by atoms with E-state index >= 15 is 0 Å². The Morgan fingerprint density at radius 1 is 0.926 bits per heavy atom. The molecular weight excluding hydrogens is 340 g/mol. The molecule has 2 aromatic rings. The summed E-state index contributed by atoms with van der Waals surface area (Å²) in [6.45, 7) is 6.49.